The van der Waals surface area contributed by atoms with Crippen LogP contribution in [0.2, 0.25) is 0 Å². The number of aromatic nitrogens is 2. The van der Waals surface area contributed by atoms with Crippen LogP contribution in [0.15, 0.2) is 17.6 Å². The maximum absolute atomic E-state index is 12.2. The summed E-state index contributed by atoms with van der Waals surface area (Å²) in [6, 6.07) is 1.02. The second kappa shape index (κ2) is 5.57. The first-order valence-electron chi connectivity index (χ1n) is 7.24. The molecule has 1 atom stereocenters. The first-order valence-corrected chi connectivity index (χ1v) is 8.12. The van der Waals surface area contributed by atoms with Crippen molar-refractivity contribution in [2.45, 2.75) is 67.9 Å². The fourth-order valence-corrected chi connectivity index (χ4v) is 3.57. The summed E-state index contributed by atoms with van der Waals surface area (Å²) < 4.78 is 2.21. The van der Waals surface area contributed by atoms with Crippen molar-refractivity contribution in [2.75, 3.05) is 0 Å². The summed E-state index contributed by atoms with van der Waals surface area (Å²) in [5.74, 6) is 0.155. The molecular formula is C14H21N3OS. The second-order valence-corrected chi connectivity index (χ2v) is 6.91. The van der Waals surface area contributed by atoms with E-state index >= 15 is 0 Å². The molecule has 2 fully saturated rings. The molecule has 0 radical (unpaired) electrons. The van der Waals surface area contributed by atoms with Crippen LogP contribution in [0.5, 0.6) is 0 Å². The highest BCUT2D eigenvalue weighted by molar-refractivity contribution is 8.00. The predicted octanol–water partition coefficient (Wildman–Crippen LogP) is 2.76. The molecule has 1 aromatic rings. The van der Waals surface area contributed by atoms with Gasteiger partial charge in [-0.25, -0.2) is 4.98 Å². The van der Waals surface area contributed by atoms with Crippen LogP contribution in [0.25, 0.3) is 0 Å². The van der Waals surface area contributed by atoms with Crippen LogP contribution in [0.1, 0.15) is 51.5 Å². The third-order valence-corrected chi connectivity index (χ3v) is 5.02. The summed E-state index contributed by atoms with van der Waals surface area (Å²) in [6.07, 6.45) is 11.1. The maximum Gasteiger partial charge on any atom is 0.233 e. The topological polar surface area (TPSA) is 46.9 Å². The number of imidazole rings is 1. The van der Waals surface area contributed by atoms with Gasteiger partial charge in [-0.05, 0) is 32.6 Å². The normalized spacial score (nSPS) is 21.5. The molecule has 0 bridgehead atoms. The van der Waals surface area contributed by atoms with E-state index in [1.54, 1.807) is 11.8 Å². The predicted molar refractivity (Wildman–Crippen MR) is 76.2 cm³/mol. The molecule has 2 aliphatic carbocycles. The Bertz CT molecular complexity index is 449. The number of carbonyl (C=O) groups excluding carboxylic acids is 1. The van der Waals surface area contributed by atoms with Gasteiger partial charge in [0.25, 0.3) is 0 Å². The number of hydrogen-bond acceptors (Lipinski definition) is 3. The molecule has 2 aliphatic rings. The van der Waals surface area contributed by atoms with E-state index in [9.17, 15) is 4.79 Å². The van der Waals surface area contributed by atoms with E-state index in [4.69, 9.17) is 0 Å². The van der Waals surface area contributed by atoms with Crippen LogP contribution in [0.4, 0.5) is 0 Å². The van der Waals surface area contributed by atoms with Gasteiger partial charge < -0.3 is 9.88 Å². The summed E-state index contributed by atoms with van der Waals surface area (Å²) in [5.41, 5.74) is 0. The highest BCUT2D eigenvalue weighted by atomic mass is 32.2. The highest BCUT2D eigenvalue weighted by Crippen LogP contribution is 2.38. The van der Waals surface area contributed by atoms with Gasteiger partial charge in [-0.15, -0.1) is 0 Å². The molecule has 0 saturated heterocycles. The van der Waals surface area contributed by atoms with E-state index in [0.29, 0.717) is 12.1 Å². The zero-order chi connectivity index (χ0) is 13.2. The minimum absolute atomic E-state index is 0.0690. The van der Waals surface area contributed by atoms with Gasteiger partial charge in [-0.3, -0.25) is 4.79 Å². The molecule has 4 nitrogen and oxygen atoms in total. The number of amides is 1. The fraction of sp³-hybridized carbons (Fsp3) is 0.714. The highest BCUT2D eigenvalue weighted by Gasteiger charge is 2.28. The standard InChI is InChI=1S/C14H21N3OS/c1-10(13(18)16-11-4-2-3-5-11)19-14-15-8-9-17(14)12-6-7-12/h8-12H,2-7H2,1H3,(H,16,18)/t10-/m0/s1. The SMILES string of the molecule is C[C@H](Sc1nccn1C1CC1)C(=O)NC1CCCC1. The van der Waals surface area contributed by atoms with Crippen LogP contribution in [0.3, 0.4) is 0 Å². The molecule has 1 heterocycles. The lowest BCUT2D eigenvalue weighted by molar-refractivity contribution is -0.120. The first-order chi connectivity index (χ1) is 9.24. The van der Waals surface area contributed by atoms with Crippen molar-refractivity contribution >= 4 is 17.7 Å². The van der Waals surface area contributed by atoms with Crippen molar-refractivity contribution < 1.29 is 4.79 Å². The first kappa shape index (κ1) is 13.0. The molecule has 0 unspecified atom stereocenters. The minimum atomic E-state index is -0.0690. The monoisotopic (exact) mass is 279 g/mol. The molecular weight excluding hydrogens is 258 g/mol. The van der Waals surface area contributed by atoms with E-state index < -0.39 is 0 Å². The van der Waals surface area contributed by atoms with Crippen molar-refractivity contribution in [3.63, 3.8) is 0 Å². The molecule has 0 spiro atoms. The Labute approximate surface area is 118 Å². The molecule has 3 rings (SSSR count). The lowest BCUT2D eigenvalue weighted by atomic mass is 10.2. The Morgan fingerprint density at radius 2 is 2.16 bits per heavy atom. The molecule has 104 valence electrons. The molecule has 0 aliphatic heterocycles. The van der Waals surface area contributed by atoms with Crippen molar-refractivity contribution in [3.05, 3.63) is 12.4 Å². The molecule has 2 saturated carbocycles. The number of nitrogens with zero attached hydrogens (tertiary/aromatic N) is 2. The average Bonchev–Trinajstić information content (AvgIpc) is 2.92. The number of carbonyl (C=O) groups is 1. The fourth-order valence-electron chi connectivity index (χ4n) is 2.62. The summed E-state index contributed by atoms with van der Waals surface area (Å²) >= 11 is 1.58. The van der Waals surface area contributed by atoms with Crippen LogP contribution in [0, 0.1) is 0 Å². The van der Waals surface area contributed by atoms with Crippen LogP contribution in [-0.2, 0) is 4.79 Å². The van der Waals surface area contributed by atoms with Gasteiger partial charge >= 0.3 is 0 Å². The largest absolute Gasteiger partial charge is 0.352 e. The third-order valence-electron chi connectivity index (χ3n) is 3.93. The van der Waals surface area contributed by atoms with Crippen LogP contribution < -0.4 is 5.32 Å². The Morgan fingerprint density at radius 1 is 1.42 bits per heavy atom. The van der Waals surface area contributed by atoms with Crippen molar-refractivity contribution in [1.82, 2.24) is 14.9 Å². The Morgan fingerprint density at radius 3 is 2.84 bits per heavy atom. The summed E-state index contributed by atoms with van der Waals surface area (Å²) in [4.78, 5) is 16.5. The van der Waals surface area contributed by atoms with Crippen molar-refractivity contribution in [1.29, 1.82) is 0 Å². The zero-order valence-electron chi connectivity index (χ0n) is 11.3. The lowest BCUT2D eigenvalue weighted by Gasteiger charge is -2.16. The van der Waals surface area contributed by atoms with Gasteiger partial charge in [-0.2, -0.15) is 0 Å². The van der Waals surface area contributed by atoms with E-state index in [1.807, 2.05) is 19.3 Å². The lowest BCUT2D eigenvalue weighted by Crippen LogP contribution is -2.37. The number of hydrogen-bond donors (Lipinski definition) is 1. The Balaban J connectivity index is 1.55. The van der Waals surface area contributed by atoms with Gasteiger partial charge in [0, 0.05) is 24.5 Å². The van der Waals surface area contributed by atoms with Gasteiger partial charge in [0.1, 0.15) is 0 Å². The van der Waals surface area contributed by atoms with Gasteiger partial charge in [-0.1, -0.05) is 24.6 Å². The number of nitrogens with one attached hydrogen (secondary N) is 1. The molecule has 0 aromatic carbocycles. The van der Waals surface area contributed by atoms with Gasteiger partial charge in [0.15, 0.2) is 5.16 Å². The molecule has 1 N–H and O–H groups in total. The summed E-state index contributed by atoms with van der Waals surface area (Å²) in [5, 5.41) is 4.07. The smallest absolute Gasteiger partial charge is 0.233 e. The van der Waals surface area contributed by atoms with E-state index in [0.717, 1.165) is 18.0 Å². The van der Waals surface area contributed by atoms with Crippen molar-refractivity contribution in [2.24, 2.45) is 0 Å². The Kier molecular flexibility index (Phi) is 3.82. The average molecular weight is 279 g/mol. The molecule has 1 aromatic heterocycles. The molecule has 1 amide bonds. The summed E-state index contributed by atoms with van der Waals surface area (Å²) in [6.45, 7) is 1.97. The Hall–Kier alpha value is -0.970. The number of thioether (sulfide) groups is 1. The van der Waals surface area contributed by atoms with Crippen molar-refractivity contribution in [3.8, 4) is 0 Å². The summed E-state index contributed by atoms with van der Waals surface area (Å²) in [7, 11) is 0. The number of rotatable bonds is 5. The molecule has 5 heteroatoms. The second-order valence-electron chi connectivity index (χ2n) is 5.60. The quantitative estimate of drug-likeness (QED) is 0.843. The maximum atomic E-state index is 12.2. The van der Waals surface area contributed by atoms with Gasteiger partial charge in [0.05, 0.1) is 5.25 Å². The van der Waals surface area contributed by atoms with Crippen LogP contribution in [-0.4, -0.2) is 26.8 Å². The third kappa shape index (κ3) is 3.14. The zero-order valence-corrected chi connectivity index (χ0v) is 12.2. The van der Waals surface area contributed by atoms with E-state index in [1.165, 1.54) is 25.7 Å². The van der Waals surface area contributed by atoms with Gasteiger partial charge in [0.2, 0.25) is 5.91 Å². The van der Waals surface area contributed by atoms with Crippen LogP contribution >= 0.6 is 11.8 Å². The minimum Gasteiger partial charge on any atom is -0.352 e. The van der Waals surface area contributed by atoms with E-state index in [2.05, 4.69) is 14.9 Å². The molecule has 19 heavy (non-hydrogen) atoms. The van der Waals surface area contributed by atoms with E-state index in [-0.39, 0.29) is 11.2 Å².